The molecule has 220 valence electrons. The lowest BCUT2D eigenvalue weighted by atomic mass is 9.97. The summed E-state index contributed by atoms with van der Waals surface area (Å²) in [5.74, 6) is 1.43. The van der Waals surface area contributed by atoms with Gasteiger partial charge in [0.2, 0.25) is 0 Å². The average Bonchev–Trinajstić information content (AvgIpc) is 3.20. The minimum atomic E-state index is -0.235. The van der Waals surface area contributed by atoms with Crippen LogP contribution < -0.4 is 10.5 Å². The Bertz CT molecular complexity index is 1160. The second-order valence-electron chi connectivity index (χ2n) is 11.5. The molecular formula is C32H48N4O2S2. The molecule has 1 aromatic rings. The Hall–Kier alpha value is -2.11. The Morgan fingerprint density at radius 3 is 2.12 bits per heavy atom. The first kappa shape index (κ1) is 32.4. The van der Waals surface area contributed by atoms with Crippen molar-refractivity contribution in [2.75, 3.05) is 24.5 Å². The minimum absolute atomic E-state index is 0.0599. The van der Waals surface area contributed by atoms with E-state index in [2.05, 4.69) is 24.8 Å². The first-order valence-electron chi connectivity index (χ1n) is 15.5. The van der Waals surface area contributed by atoms with Crippen LogP contribution in [-0.4, -0.2) is 39.3 Å². The standard InChI is InChI=1S/C32H48N4O2S2/c1-5-7-8-9-10-11-12-13-14-15-19-36-31(38)28(40-32(36)39)22-26-25(4)27(23-33)30(37)35(18-6-2)29(26)34-20-16-24(3)17-21-34/h22,24H,5-21H2,1-4H3/b28-22+. The van der Waals surface area contributed by atoms with Gasteiger partial charge in [-0.3, -0.25) is 19.1 Å². The molecular weight excluding hydrogens is 537 g/mol. The van der Waals surface area contributed by atoms with Crippen LogP contribution in [0.25, 0.3) is 6.08 Å². The zero-order valence-electron chi connectivity index (χ0n) is 25.1. The van der Waals surface area contributed by atoms with Crippen LogP contribution in [0.2, 0.25) is 0 Å². The maximum Gasteiger partial charge on any atom is 0.270 e. The second-order valence-corrected chi connectivity index (χ2v) is 13.2. The number of nitrogens with zero attached hydrogens (tertiary/aromatic N) is 4. The van der Waals surface area contributed by atoms with Gasteiger partial charge in [-0.2, -0.15) is 5.26 Å². The quantitative estimate of drug-likeness (QED) is 0.119. The van der Waals surface area contributed by atoms with Crippen molar-refractivity contribution in [1.82, 2.24) is 9.47 Å². The molecule has 3 rings (SSSR count). The van der Waals surface area contributed by atoms with Crippen LogP contribution in [0.1, 0.15) is 121 Å². The van der Waals surface area contributed by atoms with Crippen LogP contribution in [-0.2, 0) is 11.3 Å². The molecule has 0 unspecified atom stereocenters. The normalized spacial score (nSPS) is 17.3. The van der Waals surface area contributed by atoms with Gasteiger partial charge in [-0.25, -0.2) is 0 Å². The highest BCUT2D eigenvalue weighted by molar-refractivity contribution is 8.26. The van der Waals surface area contributed by atoms with E-state index in [1.54, 1.807) is 9.47 Å². The number of piperidine rings is 1. The van der Waals surface area contributed by atoms with Crippen LogP contribution in [0, 0.1) is 24.2 Å². The van der Waals surface area contributed by atoms with Crippen LogP contribution in [0.15, 0.2) is 9.70 Å². The van der Waals surface area contributed by atoms with Gasteiger partial charge in [0.1, 0.15) is 21.8 Å². The Morgan fingerprint density at radius 2 is 1.55 bits per heavy atom. The summed E-state index contributed by atoms with van der Waals surface area (Å²) in [6.45, 7) is 11.3. The number of carbonyl (C=O) groups excluding carboxylic acids is 1. The number of rotatable bonds is 15. The molecule has 2 fully saturated rings. The molecule has 0 radical (unpaired) electrons. The molecule has 0 saturated carbocycles. The third-order valence-corrected chi connectivity index (χ3v) is 9.64. The molecule has 8 heteroatoms. The van der Waals surface area contributed by atoms with E-state index in [0.29, 0.717) is 33.8 Å². The van der Waals surface area contributed by atoms with Crippen molar-refractivity contribution in [1.29, 1.82) is 5.26 Å². The molecule has 1 amide bonds. The number of aromatic nitrogens is 1. The van der Waals surface area contributed by atoms with Crippen LogP contribution in [0.5, 0.6) is 0 Å². The Morgan fingerprint density at radius 1 is 0.950 bits per heavy atom. The van der Waals surface area contributed by atoms with E-state index in [-0.39, 0.29) is 17.0 Å². The maximum atomic E-state index is 13.5. The summed E-state index contributed by atoms with van der Waals surface area (Å²) in [5, 5.41) is 9.87. The van der Waals surface area contributed by atoms with E-state index in [4.69, 9.17) is 12.2 Å². The Balaban J connectivity index is 1.76. The number of carbonyl (C=O) groups is 1. The third kappa shape index (κ3) is 8.22. The fourth-order valence-corrected chi connectivity index (χ4v) is 7.01. The largest absolute Gasteiger partial charge is 0.357 e. The summed E-state index contributed by atoms with van der Waals surface area (Å²) in [5.41, 5.74) is 1.38. The monoisotopic (exact) mass is 584 g/mol. The van der Waals surface area contributed by atoms with Crippen molar-refractivity contribution < 1.29 is 4.79 Å². The smallest absolute Gasteiger partial charge is 0.270 e. The molecule has 2 aliphatic heterocycles. The number of nitriles is 1. The molecule has 0 N–H and O–H groups in total. The fraction of sp³-hybridized carbons (Fsp3) is 0.688. The fourth-order valence-electron chi connectivity index (χ4n) is 5.72. The van der Waals surface area contributed by atoms with Gasteiger partial charge >= 0.3 is 0 Å². The summed E-state index contributed by atoms with van der Waals surface area (Å²) in [4.78, 5) is 31.4. The van der Waals surface area contributed by atoms with Crippen LogP contribution in [0.3, 0.4) is 0 Å². The van der Waals surface area contributed by atoms with E-state index in [0.717, 1.165) is 56.6 Å². The van der Waals surface area contributed by atoms with E-state index in [9.17, 15) is 14.9 Å². The predicted octanol–water partition coefficient (Wildman–Crippen LogP) is 7.80. The molecule has 0 spiro atoms. The van der Waals surface area contributed by atoms with Crippen LogP contribution >= 0.6 is 24.0 Å². The van der Waals surface area contributed by atoms with Crippen LogP contribution in [0.4, 0.5) is 5.82 Å². The van der Waals surface area contributed by atoms with Gasteiger partial charge in [0, 0.05) is 31.7 Å². The van der Waals surface area contributed by atoms with E-state index in [1.807, 2.05) is 19.9 Å². The highest BCUT2D eigenvalue weighted by Gasteiger charge is 2.33. The van der Waals surface area contributed by atoms with Gasteiger partial charge in [0.15, 0.2) is 0 Å². The highest BCUT2D eigenvalue weighted by Crippen LogP contribution is 2.37. The molecule has 2 aliphatic rings. The first-order valence-corrected chi connectivity index (χ1v) is 16.7. The van der Waals surface area contributed by atoms with Gasteiger partial charge in [-0.05, 0) is 50.2 Å². The van der Waals surface area contributed by atoms with Crippen molar-refractivity contribution in [2.24, 2.45) is 5.92 Å². The summed E-state index contributed by atoms with van der Waals surface area (Å²) in [6.07, 6.45) is 17.3. The van der Waals surface area contributed by atoms with Crippen molar-refractivity contribution in [2.45, 2.75) is 118 Å². The SMILES string of the molecule is CCCCCCCCCCCCN1C(=O)/C(=C\c2c(C)c(C#N)c(=O)n(CCC)c2N2CCC(C)CC2)SC1=S. The van der Waals surface area contributed by atoms with Gasteiger partial charge in [-0.1, -0.05) is 103 Å². The Labute approximate surface area is 251 Å². The van der Waals surface area contributed by atoms with Crippen molar-refractivity contribution >= 4 is 46.1 Å². The van der Waals surface area contributed by atoms with E-state index >= 15 is 0 Å². The van der Waals surface area contributed by atoms with Crippen molar-refractivity contribution in [3.05, 3.63) is 31.9 Å². The van der Waals surface area contributed by atoms with Crippen molar-refractivity contribution in [3.63, 3.8) is 0 Å². The summed E-state index contributed by atoms with van der Waals surface area (Å²) in [7, 11) is 0. The topological polar surface area (TPSA) is 69.3 Å². The van der Waals surface area contributed by atoms with Gasteiger partial charge < -0.3 is 4.90 Å². The summed E-state index contributed by atoms with van der Waals surface area (Å²) >= 11 is 6.97. The van der Waals surface area contributed by atoms with E-state index in [1.165, 1.54) is 63.1 Å². The molecule has 2 saturated heterocycles. The summed E-state index contributed by atoms with van der Waals surface area (Å²) in [6, 6.07) is 2.15. The van der Waals surface area contributed by atoms with E-state index < -0.39 is 0 Å². The molecule has 0 bridgehead atoms. The van der Waals surface area contributed by atoms with Gasteiger partial charge in [0.05, 0.1) is 4.91 Å². The van der Waals surface area contributed by atoms with Gasteiger partial charge in [-0.15, -0.1) is 0 Å². The number of thioether (sulfide) groups is 1. The average molecular weight is 585 g/mol. The predicted molar refractivity (Wildman–Crippen MR) is 173 cm³/mol. The molecule has 0 atom stereocenters. The van der Waals surface area contributed by atoms with Gasteiger partial charge in [0.25, 0.3) is 11.5 Å². The minimum Gasteiger partial charge on any atom is -0.357 e. The lowest BCUT2D eigenvalue weighted by Crippen LogP contribution is -2.39. The number of hydrogen-bond acceptors (Lipinski definition) is 6. The number of thiocarbonyl (C=S) groups is 1. The number of pyridine rings is 1. The first-order chi connectivity index (χ1) is 19.3. The summed E-state index contributed by atoms with van der Waals surface area (Å²) < 4.78 is 2.36. The molecule has 3 heterocycles. The number of amides is 1. The maximum absolute atomic E-state index is 13.5. The molecule has 0 aromatic carbocycles. The zero-order chi connectivity index (χ0) is 29.1. The second kappa shape index (κ2) is 16.4. The number of anilines is 1. The molecule has 6 nitrogen and oxygen atoms in total. The number of unbranched alkanes of at least 4 members (excludes halogenated alkanes) is 9. The third-order valence-electron chi connectivity index (χ3n) is 8.26. The molecule has 1 aromatic heterocycles. The van der Waals surface area contributed by atoms with Crippen molar-refractivity contribution in [3.8, 4) is 6.07 Å². The highest BCUT2D eigenvalue weighted by atomic mass is 32.2. The molecule has 0 aliphatic carbocycles. The number of hydrogen-bond donors (Lipinski definition) is 0. The Kier molecular flexibility index (Phi) is 13.3. The lowest BCUT2D eigenvalue weighted by Gasteiger charge is -2.35. The molecule has 40 heavy (non-hydrogen) atoms. The lowest BCUT2D eigenvalue weighted by molar-refractivity contribution is -0.122. The zero-order valence-corrected chi connectivity index (χ0v) is 26.7.